The van der Waals surface area contributed by atoms with Crippen molar-refractivity contribution in [3.63, 3.8) is 0 Å². The van der Waals surface area contributed by atoms with E-state index in [1.165, 1.54) is 28.9 Å². The van der Waals surface area contributed by atoms with Gasteiger partial charge in [0.2, 0.25) is 0 Å². The lowest BCUT2D eigenvalue weighted by atomic mass is 10.1. The standard InChI is InChI=1S/C21H21N5O4S/c1-2-3-6-12-26-21(28)18-11-5-4-10-17(18)19(24-26)20(27)23-25-31(29,30)16-9-7-8-15(13-16)14-22/h4-5,7-11,13,25H,2-3,6,12H2,1H3,(H,23,27). The maximum Gasteiger partial charge on any atom is 0.287 e. The Bertz CT molecular complexity index is 1330. The van der Waals surface area contributed by atoms with E-state index in [1.54, 1.807) is 24.3 Å². The largest absolute Gasteiger partial charge is 0.287 e. The number of aryl methyl sites for hydroxylation is 1. The second-order valence-corrected chi connectivity index (χ2v) is 8.51. The summed E-state index contributed by atoms with van der Waals surface area (Å²) in [6.07, 6.45) is 2.60. The van der Waals surface area contributed by atoms with Crippen LogP contribution in [0.25, 0.3) is 10.8 Å². The highest BCUT2D eigenvalue weighted by molar-refractivity contribution is 7.89. The molecule has 160 valence electrons. The fourth-order valence-corrected chi connectivity index (χ4v) is 3.92. The van der Waals surface area contributed by atoms with Gasteiger partial charge in [0.25, 0.3) is 21.5 Å². The van der Waals surface area contributed by atoms with E-state index in [4.69, 9.17) is 5.26 Å². The van der Waals surface area contributed by atoms with Crippen molar-refractivity contribution in [1.82, 2.24) is 20.0 Å². The van der Waals surface area contributed by atoms with Crippen LogP contribution in [-0.4, -0.2) is 24.1 Å². The number of nitriles is 1. The lowest BCUT2D eigenvalue weighted by molar-refractivity contribution is 0.0939. The molecule has 0 aliphatic heterocycles. The average molecular weight is 439 g/mol. The Hall–Kier alpha value is -3.55. The summed E-state index contributed by atoms with van der Waals surface area (Å²) in [5.41, 5.74) is 1.93. The third-order valence-corrected chi connectivity index (χ3v) is 5.87. The van der Waals surface area contributed by atoms with Gasteiger partial charge in [-0.3, -0.25) is 15.0 Å². The minimum absolute atomic E-state index is 0.0693. The number of fused-ring (bicyclic) bond motifs is 1. The normalized spacial score (nSPS) is 11.2. The number of hydrogen-bond donors (Lipinski definition) is 2. The van der Waals surface area contributed by atoms with Gasteiger partial charge in [-0.15, -0.1) is 4.83 Å². The Labute approximate surface area is 179 Å². The predicted octanol–water partition coefficient (Wildman–Crippen LogP) is 2.08. The Morgan fingerprint density at radius 1 is 1.13 bits per heavy atom. The number of amides is 1. The molecule has 1 amide bonds. The van der Waals surface area contributed by atoms with Crippen LogP contribution in [0, 0.1) is 11.3 Å². The van der Waals surface area contributed by atoms with Crippen molar-refractivity contribution < 1.29 is 13.2 Å². The zero-order valence-corrected chi connectivity index (χ0v) is 17.6. The van der Waals surface area contributed by atoms with Crippen LogP contribution < -0.4 is 15.8 Å². The van der Waals surface area contributed by atoms with Crippen LogP contribution in [0.5, 0.6) is 0 Å². The topological polar surface area (TPSA) is 134 Å². The number of nitrogens with one attached hydrogen (secondary N) is 2. The first-order valence-electron chi connectivity index (χ1n) is 9.69. The molecule has 0 bridgehead atoms. The SMILES string of the molecule is CCCCCn1nc(C(=O)NNS(=O)(=O)c2cccc(C#N)c2)c2ccccc2c1=O. The Morgan fingerprint density at radius 3 is 2.58 bits per heavy atom. The van der Waals surface area contributed by atoms with Gasteiger partial charge in [0.05, 0.1) is 21.9 Å². The van der Waals surface area contributed by atoms with Gasteiger partial charge >= 0.3 is 0 Å². The highest BCUT2D eigenvalue weighted by Gasteiger charge is 2.20. The van der Waals surface area contributed by atoms with E-state index in [0.717, 1.165) is 19.3 Å². The summed E-state index contributed by atoms with van der Waals surface area (Å²) in [6, 6.07) is 13.8. The van der Waals surface area contributed by atoms with E-state index >= 15 is 0 Å². The Kier molecular flexibility index (Phi) is 6.79. The molecule has 0 saturated carbocycles. The third-order valence-electron chi connectivity index (χ3n) is 4.63. The smallest absolute Gasteiger partial charge is 0.272 e. The van der Waals surface area contributed by atoms with Gasteiger partial charge < -0.3 is 0 Å². The van der Waals surface area contributed by atoms with E-state index in [-0.39, 0.29) is 21.7 Å². The van der Waals surface area contributed by atoms with Gasteiger partial charge in [-0.2, -0.15) is 10.4 Å². The molecule has 3 rings (SSSR count). The lowest BCUT2D eigenvalue weighted by Crippen LogP contribution is -2.42. The maximum atomic E-state index is 12.8. The Balaban J connectivity index is 1.90. The molecule has 10 heteroatoms. The summed E-state index contributed by atoms with van der Waals surface area (Å²) in [6.45, 7) is 2.39. The maximum absolute atomic E-state index is 12.8. The number of carbonyl (C=O) groups is 1. The number of benzene rings is 2. The number of carbonyl (C=O) groups excluding carboxylic acids is 1. The van der Waals surface area contributed by atoms with E-state index in [1.807, 2.05) is 17.8 Å². The molecule has 0 radical (unpaired) electrons. The van der Waals surface area contributed by atoms with Crippen molar-refractivity contribution in [3.05, 3.63) is 70.1 Å². The summed E-state index contributed by atoms with van der Waals surface area (Å²) in [5, 5.41) is 13.8. The van der Waals surface area contributed by atoms with Crippen molar-refractivity contribution in [2.24, 2.45) is 0 Å². The number of hydrazine groups is 1. The summed E-state index contributed by atoms with van der Waals surface area (Å²) < 4.78 is 26.2. The fraction of sp³-hybridized carbons (Fsp3) is 0.238. The van der Waals surface area contributed by atoms with Gasteiger partial charge in [-0.1, -0.05) is 44.0 Å². The molecule has 0 aliphatic rings. The first kappa shape index (κ1) is 22.1. The minimum atomic E-state index is -4.11. The highest BCUT2D eigenvalue weighted by Crippen LogP contribution is 2.14. The third kappa shape index (κ3) is 4.96. The minimum Gasteiger partial charge on any atom is -0.272 e. The van der Waals surface area contributed by atoms with E-state index in [0.29, 0.717) is 17.3 Å². The van der Waals surface area contributed by atoms with E-state index in [2.05, 4.69) is 10.5 Å². The molecule has 0 unspecified atom stereocenters. The van der Waals surface area contributed by atoms with Crippen molar-refractivity contribution >= 4 is 26.7 Å². The first-order chi connectivity index (χ1) is 14.9. The monoisotopic (exact) mass is 439 g/mol. The number of nitrogens with zero attached hydrogens (tertiary/aromatic N) is 3. The number of hydrogen-bond acceptors (Lipinski definition) is 6. The van der Waals surface area contributed by atoms with Gasteiger partial charge in [-0.25, -0.2) is 13.1 Å². The second-order valence-electron chi connectivity index (χ2n) is 6.83. The Morgan fingerprint density at radius 2 is 1.87 bits per heavy atom. The quantitative estimate of drug-likeness (QED) is 0.408. The van der Waals surface area contributed by atoms with Crippen LogP contribution in [-0.2, 0) is 16.6 Å². The fourth-order valence-electron chi connectivity index (χ4n) is 3.03. The van der Waals surface area contributed by atoms with Gasteiger partial charge in [0.15, 0.2) is 5.69 Å². The molecule has 2 aromatic carbocycles. The van der Waals surface area contributed by atoms with E-state index < -0.39 is 15.9 Å². The average Bonchev–Trinajstić information content (AvgIpc) is 2.79. The molecule has 0 saturated heterocycles. The van der Waals surface area contributed by atoms with Gasteiger partial charge in [0, 0.05) is 11.9 Å². The number of unbranched alkanes of at least 4 members (excludes halogenated alkanes) is 2. The van der Waals surface area contributed by atoms with Crippen molar-refractivity contribution in [3.8, 4) is 6.07 Å². The molecule has 0 fully saturated rings. The molecular weight excluding hydrogens is 418 g/mol. The summed E-state index contributed by atoms with van der Waals surface area (Å²) in [5.74, 6) is -0.805. The van der Waals surface area contributed by atoms with Crippen LogP contribution in [0.4, 0.5) is 0 Å². The van der Waals surface area contributed by atoms with Gasteiger partial charge in [0.1, 0.15) is 0 Å². The number of sulfonamides is 1. The summed E-state index contributed by atoms with van der Waals surface area (Å²) in [7, 11) is -4.11. The predicted molar refractivity (Wildman–Crippen MR) is 114 cm³/mol. The van der Waals surface area contributed by atoms with Crippen molar-refractivity contribution in [1.29, 1.82) is 5.26 Å². The number of rotatable bonds is 8. The number of aromatic nitrogens is 2. The molecule has 31 heavy (non-hydrogen) atoms. The van der Waals surface area contributed by atoms with Gasteiger partial charge in [-0.05, 0) is 30.7 Å². The zero-order valence-electron chi connectivity index (χ0n) is 16.8. The van der Waals surface area contributed by atoms with Crippen molar-refractivity contribution in [2.45, 2.75) is 37.6 Å². The first-order valence-corrected chi connectivity index (χ1v) is 11.2. The molecule has 9 nitrogen and oxygen atoms in total. The van der Waals surface area contributed by atoms with Crippen LogP contribution in [0.2, 0.25) is 0 Å². The lowest BCUT2D eigenvalue weighted by Gasteiger charge is -2.12. The molecule has 0 aliphatic carbocycles. The molecule has 0 atom stereocenters. The molecule has 1 aromatic heterocycles. The van der Waals surface area contributed by atoms with Crippen LogP contribution in [0.15, 0.2) is 58.2 Å². The highest BCUT2D eigenvalue weighted by atomic mass is 32.2. The summed E-state index contributed by atoms with van der Waals surface area (Å²) in [4.78, 5) is 27.3. The molecular formula is C21H21N5O4S. The van der Waals surface area contributed by atoms with Crippen LogP contribution >= 0.6 is 0 Å². The van der Waals surface area contributed by atoms with Crippen LogP contribution in [0.1, 0.15) is 42.2 Å². The summed E-state index contributed by atoms with van der Waals surface area (Å²) >= 11 is 0. The van der Waals surface area contributed by atoms with Crippen LogP contribution in [0.3, 0.4) is 0 Å². The molecule has 2 N–H and O–H groups in total. The molecule has 0 spiro atoms. The van der Waals surface area contributed by atoms with E-state index in [9.17, 15) is 18.0 Å². The second kappa shape index (κ2) is 9.51. The molecule has 1 heterocycles. The molecule has 3 aromatic rings. The van der Waals surface area contributed by atoms with Crippen molar-refractivity contribution in [2.75, 3.05) is 0 Å². The zero-order chi connectivity index (χ0) is 22.4.